The summed E-state index contributed by atoms with van der Waals surface area (Å²) in [6.07, 6.45) is 2.16. The molecule has 0 amide bonds. The van der Waals surface area contributed by atoms with Gasteiger partial charge in [-0.1, -0.05) is 25.1 Å². The summed E-state index contributed by atoms with van der Waals surface area (Å²) in [4.78, 5) is 18.7. The van der Waals surface area contributed by atoms with Crippen LogP contribution in [0.3, 0.4) is 0 Å². The Morgan fingerprint density at radius 2 is 2.06 bits per heavy atom. The smallest absolute Gasteiger partial charge is 0.254 e. The average Bonchev–Trinajstić information content (AvgIpc) is 2.32. The van der Waals surface area contributed by atoms with Gasteiger partial charge in [0.2, 0.25) is 0 Å². The molecule has 0 saturated carbocycles. The highest BCUT2D eigenvalue weighted by Gasteiger charge is 2.11. The van der Waals surface area contributed by atoms with E-state index in [1.807, 2.05) is 19.1 Å². The maximum Gasteiger partial charge on any atom is 0.254 e. The first-order valence-corrected chi connectivity index (χ1v) is 5.78. The van der Waals surface area contributed by atoms with Gasteiger partial charge in [-0.2, -0.15) is 0 Å². The van der Waals surface area contributed by atoms with E-state index in [1.165, 1.54) is 17.5 Å². The summed E-state index contributed by atoms with van der Waals surface area (Å²) in [5.41, 5.74) is 4.96. The molecule has 0 aliphatic rings. The highest BCUT2D eigenvalue weighted by Crippen LogP contribution is 2.25. The molecule has 1 N–H and O–H groups in total. The largest absolute Gasteiger partial charge is 0.313 e. The first kappa shape index (κ1) is 11.6. The van der Waals surface area contributed by atoms with Gasteiger partial charge in [-0.05, 0) is 31.4 Å². The average molecular weight is 228 g/mol. The van der Waals surface area contributed by atoms with Crippen LogP contribution in [-0.2, 0) is 6.42 Å². The molecular weight excluding hydrogens is 212 g/mol. The minimum absolute atomic E-state index is 0.0431. The molecule has 88 valence electrons. The third-order valence-electron chi connectivity index (χ3n) is 3.16. The molecule has 1 aromatic heterocycles. The first-order valence-electron chi connectivity index (χ1n) is 5.78. The molecule has 0 aliphatic carbocycles. The molecule has 2 aromatic rings. The van der Waals surface area contributed by atoms with Crippen molar-refractivity contribution in [1.29, 1.82) is 0 Å². The molecule has 2 rings (SSSR count). The predicted molar refractivity (Wildman–Crippen MR) is 69.1 cm³/mol. The predicted octanol–water partition coefficient (Wildman–Crippen LogP) is 2.62. The second-order valence-corrected chi connectivity index (χ2v) is 4.16. The van der Waals surface area contributed by atoms with Crippen LogP contribution in [0.25, 0.3) is 11.3 Å². The Bertz CT molecular complexity index is 599. The molecule has 0 unspecified atom stereocenters. The maximum atomic E-state index is 11.7. The number of aryl methyl sites for hydroxylation is 1. The Balaban J connectivity index is 2.73. The molecule has 3 nitrogen and oxygen atoms in total. The van der Waals surface area contributed by atoms with Gasteiger partial charge in [-0.15, -0.1) is 0 Å². The molecular formula is C14H16N2O. The molecule has 17 heavy (non-hydrogen) atoms. The molecule has 0 spiro atoms. The number of hydrogen-bond donors (Lipinski definition) is 1. The second-order valence-electron chi connectivity index (χ2n) is 4.16. The minimum Gasteiger partial charge on any atom is -0.313 e. The Kier molecular flexibility index (Phi) is 3.09. The van der Waals surface area contributed by atoms with Crippen LogP contribution in [0.2, 0.25) is 0 Å². The summed E-state index contributed by atoms with van der Waals surface area (Å²) in [5, 5.41) is 0. The van der Waals surface area contributed by atoms with Crippen LogP contribution >= 0.6 is 0 Å². The highest BCUT2D eigenvalue weighted by molar-refractivity contribution is 5.67. The molecule has 1 aromatic carbocycles. The van der Waals surface area contributed by atoms with Gasteiger partial charge in [0.15, 0.2) is 0 Å². The van der Waals surface area contributed by atoms with Crippen LogP contribution in [0.5, 0.6) is 0 Å². The van der Waals surface area contributed by atoms with Gasteiger partial charge in [0.05, 0.1) is 12.0 Å². The summed E-state index contributed by atoms with van der Waals surface area (Å²) in [7, 11) is 0. The zero-order valence-corrected chi connectivity index (χ0v) is 10.4. The van der Waals surface area contributed by atoms with E-state index in [-0.39, 0.29) is 5.56 Å². The van der Waals surface area contributed by atoms with E-state index in [2.05, 4.69) is 29.9 Å². The fraction of sp³-hybridized carbons (Fsp3) is 0.286. The number of rotatable bonds is 2. The van der Waals surface area contributed by atoms with Crippen LogP contribution in [0.15, 0.2) is 29.3 Å². The quantitative estimate of drug-likeness (QED) is 0.858. The lowest BCUT2D eigenvalue weighted by atomic mass is 9.97. The van der Waals surface area contributed by atoms with E-state index in [0.717, 1.165) is 16.8 Å². The van der Waals surface area contributed by atoms with Gasteiger partial charge in [-0.25, -0.2) is 4.98 Å². The van der Waals surface area contributed by atoms with Crippen LogP contribution in [0, 0.1) is 13.8 Å². The van der Waals surface area contributed by atoms with Crippen molar-refractivity contribution in [3.05, 3.63) is 51.6 Å². The standard InChI is InChI=1S/C14H16N2O/c1-4-11-13(15-8-16-14(11)17)12-7-5-6-9(2)10(12)3/h5-8H,4H2,1-3H3,(H,15,16,17). The minimum atomic E-state index is -0.0431. The molecule has 0 saturated heterocycles. The highest BCUT2D eigenvalue weighted by atomic mass is 16.1. The summed E-state index contributed by atoms with van der Waals surface area (Å²) < 4.78 is 0. The van der Waals surface area contributed by atoms with Gasteiger partial charge in [-0.3, -0.25) is 4.79 Å². The summed E-state index contributed by atoms with van der Waals surface area (Å²) >= 11 is 0. The lowest BCUT2D eigenvalue weighted by molar-refractivity contribution is 1.01. The van der Waals surface area contributed by atoms with E-state index in [4.69, 9.17) is 0 Å². The van der Waals surface area contributed by atoms with Crippen molar-refractivity contribution in [2.45, 2.75) is 27.2 Å². The molecule has 3 heteroatoms. The fourth-order valence-electron chi connectivity index (χ4n) is 2.00. The molecule has 0 aliphatic heterocycles. The van der Waals surface area contributed by atoms with Crippen molar-refractivity contribution in [1.82, 2.24) is 9.97 Å². The summed E-state index contributed by atoms with van der Waals surface area (Å²) in [5.74, 6) is 0. The van der Waals surface area contributed by atoms with Crippen molar-refractivity contribution < 1.29 is 0 Å². The second kappa shape index (κ2) is 4.53. The third-order valence-corrected chi connectivity index (χ3v) is 3.16. The van der Waals surface area contributed by atoms with Crippen molar-refractivity contribution in [2.75, 3.05) is 0 Å². The molecule has 0 bridgehead atoms. The molecule has 0 radical (unpaired) electrons. The normalized spacial score (nSPS) is 10.5. The number of aromatic amines is 1. The van der Waals surface area contributed by atoms with E-state index in [0.29, 0.717) is 6.42 Å². The molecule has 1 heterocycles. The fourth-order valence-corrected chi connectivity index (χ4v) is 2.00. The number of aromatic nitrogens is 2. The summed E-state index contributed by atoms with van der Waals surface area (Å²) in [6, 6.07) is 6.08. The third kappa shape index (κ3) is 2.00. The molecule has 0 atom stereocenters. The van der Waals surface area contributed by atoms with Crippen LogP contribution in [0.1, 0.15) is 23.6 Å². The Labute approximate surface area is 101 Å². The Morgan fingerprint density at radius 3 is 2.76 bits per heavy atom. The monoisotopic (exact) mass is 228 g/mol. The van der Waals surface area contributed by atoms with Gasteiger partial charge >= 0.3 is 0 Å². The van der Waals surface area contributed by atoms with Crippen LogP contribution in [-0.4, -0.2) is 9.97 Å². The van der Waals surface area contributed by atoms with Gasteiger partial charge in [0, 0.05) is 11.1 Å². The van der Waals surface area contributed by atoms with Crippen molar-refractivity contribution in [3.8, 4) is 11.3 Å². The van der Waals surface area contributed by atoms with Gasteiger partial charge in [0.1, 0.15) is 0 Å². The van der Waals surface area contributed by atoms with Crippen molar-refractivity contribution in [2.24, 2.45) is 0 Å². The number of benzene rings is 1. The van der Waals surface area contributed by atoms with Crippen LogP contribution in [0.4, 0.5) is 0 Å². The maximum absolute atomic E-state index is 11.7. The Hall–Kier alpha value is -1.90. The number of H-pyrrole nitrogens is 1. The lowest BCUT2D eigenvalue weighted by Crippen LogP contribution is -2.14. The van der Waals surface area contributed by atoms with E-state index in [1.54, 1.807) is 0 Å². The molecule has 0 fully saturated rings. The van der Waals surface area contributed by atoms with Crippen molar-refractivity contribution in [3.63, 3.8) is 0 Å². The van der Waals surface area contributed by atoms with Gasteiger partial charge < -0.3 is 4.98 Å². The first-order chi connectivity index (χ1) is 8.15. The topological polar surface area (TPSA) is 45.8 Å². The lowest BCUT2D eigenvalue weighted by Gasteiger charge is -2.10. The number of hydrogen-bond acceptors (Lipinski definition) is 2. The number of nitrogens with zero attached hydrogens (tertiary/aromatic N) is 1. The number of nitrogens with one attached hydrogen (secondary N) is 1. The zero-order valence-electron chi connectivity index (χ0n) is 10.4. The Morgan fingerprint density at radius 1 is 1.29 bits per heavy atom. The van der Waals surface area contributed by atoms with E-state index < -0.39 is 0 Å². The van der Waals surface area contributed by atoms with Gasteiger partial charge in [0.25, 0.3) is 5.56 Å². The zero-order chi connectivity index (χ0) is 12.4. The van der Waals surface area contributed by atoms with E-state index in [9.17, 15) is 4.79 Å². The van der Waals surface area contributed by atoms with Crippen LogP contribution < -0.4 is 5.56 Å². The van der Waals surface area contributed by atoms with Crippen molar-refractivity contribution >= 4 is 0 Å². The summed E-state index contributed by atoms with van der Waals surface area (Å²) in [6.45, 7) is 6.10. The van der Waals surface area contributed by atoms with E-state index >= 15 is 0 Å². The SMILES string of the molecule is CCc1c(-c2cccc(C)c2C)nc[nH]c1=O.